The van der Waals surface area contributed by atoms with Gasteiger partial charge in [0.1, 0.15) is 0 Å². The molecule has 1 fully saturated rings. The number of likely N-dealkylation sites (tertiary alicyclic amines) is 1. The highest BCUT2D eigenvalue weighted by molar-refractivity contribution is 7.89. The summed E-state index contributed by atoms with van der Waals surface area (Å²) in [6, 6.07) is 13.0. The highest BCUT2D eigenvalue weighted by atomic mass is 35.5. The zero-order chi connectivity index (χ0) is 19.3. The van der Waals surface area contributed by atoms with Crippen LogP contribution >= 0.6 is 11.6 Å². The molecule has 6 nitrogen and oxygen atoms in total. The number of nitrogens with zero attached hydrogens (tertiary/aromatic N) is 1. The number of urea groups is 1. The molecule has 0 atom stereocenters. The van der Waals surface area contributed by atoms with E-state index in [4.69, 9.17) is 11.6 Å². The molecule has 1 aliphatic heterocycles. The van der Waals surface area contributed by atoms with E-state index >= 15 is 0 Å². The van der Waals surface area contributed by atoms with Crippen molar-refractivity contribution < 1.29 is 13.2 Å². The number of hydrogen-bond acceptors (Lipinski definition) is 3. The van der Waals surface area contributed by atoms with Crippen LogP contribution in [0.25, 0.3) is 0 Å². The standard InChI is InChI=1S/C19H22ClN3O3S/c20-16-6-4-15(5-7-16)14-21-27(25,26)18-10-8-17(9-11-18)22-19(24)23-12-2-1-3-13-23/h4-11,21H,1-3,12-14H2,(H,22,24). The molecule has 3 rings (SSSR count). The Kier molecular flexibility index (Phi) is 6.36. The van der Waals surface area contributed by atoms with Crippen LogP contribution in [0.15, 0.2) is 53.4 Å². The van der Waals surface area contributed by atoms with E-state index < -0.39 is 10.0 Å². The lowest BCUT2D eigenvalue weighted by molar-refractivity contribution is 0.200. The first-order valence-corrected chi connectivity index (χ1v) is 10.7. The Morgan fingerprint density at radius 2 is 1.59 bits per heavy atom. The lowest BCUT2D eigenvalue weighted by Gasteiger charge is -2.26. The number of anilines is 1. The molecule has 8 heteroatoms. The van der Waals surface area contributed by atoms with E-state index in [0.717, 1.165) is 37.9 Å². The van der Waals surface area contributed by atoms with E-state index in [1.54, 1.807) is 41.3 Å². The number of piperidine rings is 1. The summed E-state index contributed by atoms with van der Waals surface area (Å²) in [5.41, 5.74) is 1.38. The van der Waals surface area contributed by atoms with E-state index in [-0.39, 0.29) is 17.5 Å². The second kappa shape index (κ2) is 8.73. The Morgan fingerprint density at radius 1 is 0.963 bits per heavy atom. The second-order valence-corrected chi connectivity index (χ2v) is 8.66. The fourth-order valence-corrected chi connectivity index (χ4v) is 4.02. The number of carbonyl (C=O) groups excluding carboxylic acids is 1. The summed E-state index contributed by atoms with van der Waals surface area (Å²) in [6.45, 7) is 1.69. The number of amides is 2. The van der Waals surface area contributed by atoms with Gasteiger partial charge < -0.3 is 10.2 Å². The molecule has 0 spiro atoms. The highest BCUT2D eigenvalue weighted by Crippen LogP contribution is 2.17. The van der Waals surface area contributed by atoms with Gasteiger partial charge in [0.25, 0.3) is 0 Å². The van der Waals surface area contributed by atoms with Crippen LogP contribution in [0.5, 0.6) is 0 Å². The first kappa shape index (κ1) is 19.7. The summed E-state index contributed by atoms with van der Waals surface area (Å²) in [5.74, 6) is 0. The summed E-state index contributed by atoms with van der Waals surface area (Å²) in [6.07, 6.45) is 3.19. The molecule has 0 unspecified atom stereocenters. The van der Waals surface area contributed by atoms with Gasteiger partial charge in [-0.05, 0) is 61.2 Å². The summed E-state index contributed by atoms with van der Waals surface area (Å²) in [7, 11) is -3.64. The molecule has 144 valence electrons. The van der Waals surface area contributed by atoms with Crippen molar-refractivity contribution in [2.45, 2.75) is 30.7 Å². The van der Waals surface area contributed by atoms with E-state index in [1.165, 1.54) is 12.1 Å². The van der Waals surface area contributed by atoms with E-state index in [1.807, 2.05) is 0 Å². The molecule has 0 aliphatic carbocycles. The third-order valence-corrected chi connectivity index (χ3v) is 6.11. The summed E-state index contributed by atoms with van der Waals surface area (Å²) in [5, 5.41) is 3.41. The number of halogens is 1. The maximum Gasteiger partial charge on any atom is 0.321 e. The number of benzene rings is 2. The molecular formula is C19H22ClN3O3S. The molecule has 1 heterocycles. The Hall–Kier alpha value is -2.09. The van der Waals surface area contributed by atoms with Gasteiger partial charge in [0.05, 0.1) is 4.90 Å². The first-order valence-electron chi connectivity index (χ1n) is 8.84. The maximum absolute atomic E-state index is 12.4. The van der Waals surface area contributed by atoms with Crippen molar-refractivity contribution in [2.24, 2.45) is 0 Å². The molecule has 0 bridgehead atoms. The van der Waals surface area contributed by atoms with E-state index in [2.05, 4.69) is 10.0 Å². The number of nitrogens with one attached hydrogen (secondary N) is 2. The third-order valence-electron chi connectivity index (χ3n) is 4.44. The largest absolute Gasteiger partial charge is 0.325 e. The van der Waals surface area contributed by atoms with Crippen LogP contribution in [0.4, 0.5) is 10.5 Å². The van der Waals surface area contributed by atoms with Crippen LogP contribution in [-0.2, 0) is 16.6 Å². The molecule has 2 amide bonds. The molecule has 2 aromatic carbocycles. The van der Waals surface area contributed by atoms with Crippen LogP contribution in [0.3, 0.4) is 0 Å². The summed E-state index contributed by atoms with van der Waals surface area (Å²) in [4.78, 5) is 14.1. The van der Waals surface area contributed by atoms with Crippen molar-refractivity contribution in [1.82, 2.24) is 9.62 Å². The van der Waals surface area contributed by atoms with Gasteiger partial charge in [0.15, 0.2) is 0 Å². The fourth-order valence-electron chi connectivity index (χ4n) is 2.88. The number of hydrogen-bond donors (Lipinski definition) is 2. The Labute approximate surface area is 164 Å². The van der Waals surface area contributed by atoms with Gasteiger partial charge in [-0.1, -0.05) is 23.7 Å². The van der Waals surface area contributed by atoms with Crippen LogP contribution in [0.1, 0.15) is 24.8 Å². The predicted octanol–water partition coefficient (Wildman–Crippen LogP) is 3.84. The van der Waals surface area contributed by atoms with E-state index in [0.29, 0.717) is 10.7 Å². The van der Waals surface area contributed by atoms with Crippen molar-refractivity contribution in [3.63, 3.8) is 0 Å². The average molecular weight is 408 g/mol. The number of sulfonamides is 1. The maximum atomic E-state index is 12.4. The minimum atomic E-state index is -3.64. The number of rotatable bonds is 5. The Morgan fingerprint density at radius 3 is 2.22 bits per heavy atom. The zero-order valence-corrected chi connectivity index (χ0v) is 16.4. The lowest BCUT2D eigenvalue weighted by Crippen LogP contribution is -2.38. The van der Waals surface area contributed by atoms with Crippen LogP contribution in [-0.4, -0.2) is 32.4 Å². The molecule has 2 N–H and O–H groups in total. The van der Waals surface area contributed by atoms with Gasteiger partial charge in [-0.25, -0.2) is 17.9 Å². The Bertz CT molecular complexity index is 877. The second-order valence-electron chi connectivity index (χ2n) is 6.45. The van der Waals surface area contributed by atoms with Crippen molar-refractivity contribution in [3.05, 3.63) is 59.1 Å². The smallest absolute Gasteiger partial charge is 0.321 e. The van der Waals surface area contributed by atoms with Crippen molar-refractivity contribution in [2.75, 3.05) is 18.4 Å². The summed E-state index contributed by atoms with van der Waals surface area (Å²) < 4.78 is 27.4. The SMILES string of the molecule is O=C(Nc1ccc(S(=O)(=O)NCc2ccc(Cl)cc2)cc1)N1CCCCC1. The lowest BCUT2D eigenvalue weighted by atomic mass is 10.1. The van der Waals surface area contributed by atoms with Gasteiger partial charge in [-0.2, -0.15) is 0 Å². The zero-order valence-electron chi connectivity index (χ0n) is 14.8. The minimum absolute atomic E-state index is 0.146. The predicted molar refractivity (Wildman–Crippen MR) is 106 cm³/mol. The highest BCUT2D eigenvalue weighted by Gasteiger charge is 2.17. The molecule has 1 saturated heterocycles. The third kappa shape index (κ3) is 5.45. The van der Waals surface area contributed by atoms with Crippen LogP contribution < -0.4 is 10.0 Å². The first-order chi connectivity index (χ1) is 12.9. The van der Waals surface area contributed by atoms with Gasteiger partial charge in [0.2, 0.25) is 10.0 Å². The fraction of sp³-hybridized carbons (Fsp3) is 0.316. The molecule has 2 aromatic rings. The van der Waals surface area contributed by atoms with E-state index in [9.17, 15) is 13.2 Å². The summed E-state index contributed by atoms with van der Waals surface area (Å²) >= 11 is 5.83. The minimum Gasteiger partial charge on any atom is -0.325 e. The molecule has 27 heavy (non-hydrogen) atoms. The van der Waals surface area contributed by atoms with Gasteiger partial charge in [-0.3, -0.25) is 0 Å². The molecular weight excluding hydrogens is 386 g/mol. The van der Waals surface area contributed by atoms with Gasteiger partial charge in [-0.15, -0.1) is 0 Å². The molecule has 0 saturated carbocycles. The van der Waals surface area contributed by atoms with Crippen molar-refractivity contribution >= 4 is 33.3 Å². The molecule has 0 aromatic heterocycles. The monoisotopic (exact) mass is 407 g/mol. The topological polar surface area (TPSA) is 78.5 Å². The number of carbonyl (C=O) groups is 1. The molecule has 1 aliphatic rings. The van der Waals surface area contributed by atoms with Crippen LogP contribution in [0, 0.1) is 0 Å². The average Bonchev–Trinajstić information content (AvgIpc) is 2.69. The molecule has 0 radical (unpaired) electrons. The van der Waals surface area contributed by atoms with Gasteiger partial charge in [0, 0.05) is 30.3 Å². The quantitative estimate of drug-likeness (QED) is 0.790. The van der Waals surface area contributed by atoms with Crippen LogP contribution in [0.2, 0.25) is 5.02 Å². The Balaban J connectivity index is 1.59. The van der Waals surface area contributed by atoms with Crippen molar-refractivity contribution in [1.29, 1.82) is 0 Å². The van der Waals surface area contributed by atoms with Crippen molar-refractivity contribution in [3.8, 4) is 0 Å². The van der Waals surface area contributed by atoms with Gasteiger partial charge >= 0.3 is 6.03 Å². The normalized spacial score (nSPS) is 14.8.